The van der Waals surface area contributed by atoms with Gasteiger partial charge in [0, 0.05) is 6.44 Å². The van der Waals surface area contributed by atoms with Gasteiger partial charge in [0.05, 0.1) is 0 Å². The molecule has 0 spiro atoms. The Bertz CT molecular complexity index is 372. The van der Waals surface area contributed by atoms with Gasteiger partial charge in [-0.15, -0.1) is 0 Å². The smallest absolute Gasteiger partial charge is 0.448 e. The Hall–Kier alpha value is 0.221. The van der Waals surface area contributed by atoms with E-state index < -0.39 is 42.0 Å². The van der Waals surface area contributed by atoms with Crippen LogP contribution in [0.15, 0.2) is 0 Å². The first-order chi connectivity index (χ1) is 7.38. The molecule has 1 atom stereocenters. The van der Waals surface area contributed by atoms with Crippen molar-refractivity contribution >= 4 is 18.9 Å². The number of alkyl halides is 3. The van der Waals surface area contributed by atoms with Gasteiger partial charge in [0.15, 0.2) is 0 Å². The zero-order valence-corrected chi connectivity index (χ0v) is 12.4. The van der Waals surface area contributed by atoms with Gasteiger partial charge in [0.2, 0.25) is 5.54 Å². The summed E-state index contributed by atoms with van der Waals surface area (Å²) in [6.45, 7) is -5.27. The van der Waals surface area contributed by atoms with Gasteiger partial charge >= 0.3 is 70.6 Å². The van der Waals surface area contributed by atoms with Crippen molar-refractivity contribution in [3.8, 4) is 0 Å². The molecule has 0 aromatic carbocycles. The van der Waals surface area contributed by atoms with E-state index in [0.717, 1.165) is 0 Å². The molecular weight excluding hydrogens is 296 g/mol. The predicted molar refractivity (Wildman–Crippen MR) is 43.8 cm³/mol. The molecule has 0 radical (unpaired) electrons. The monoisotopic (exact) mass is 302 g/mol. The van der Waals surface area contributed by atoms with Crippen molar-refractivity contribution in [3.05, 3.63) is 0 Å². The number of rotatable bonds is 2. The van der Waals surface area contributed by atoms with Gasteiger partial charge in [-0.2, -0.15) is 13.2 Å². The zero-order chi connectivity index (χ0) is 13.6. The first-order valence-corrected chi connectivity index (χ1v) is 4.30. The summed E-state index contributed by atoms with van der Waals surface area (Å²) in [5, 5.41) is 1.22. The van der Waals surface area contributed by atoms with Crippen molar-refractivity contribution in [2.24, 2.45) is 0 Å². The van der Waals surface area contributed by atoms with E-state index >= 15 is 0 Å². The predicted octanol–water partition coefficient (Wildman–Crippen LogP) is -1.75. The Balaban J connectivity index is 0.00000289. The Morgan fingerprint density at radius 3 is 2.00 bits per heavy atom. The minimum Gasteiger partial charge on any atom is -0.448 e. The summed E-state index contributed by atoms with van der Waals surface area (Å²) in [6.07, 6.45) is -7.15. The van der Waals surface area contributed by atoms with Gasteiger partial charge in [-0.3, -0.25) is 9.69 Å². The standard InChI is InChI=1S/C6H6BF6N2O2.K/c1-5(6(8,9)10)3(16)15(4(17)14-5)2-7(11,12)13;/h2H2,1H3,(H,14,17);/q-1;+1. The molecule has 1 aliphatic heterocycles. The number of urea groups is 1. The van der Waals surface area contributed by atoms with E-state index in [0.29, 0.717) is 6.92 Å². The number of hydrogen-bond acceptors (Lipinski definition) is 2. The SMILES string of the molecule is CC1(C(F)(F)F)NC(=O)N(C[B-](F)(F)F)C1=O.[K+]. The number of nitrogens with zero attached hydrogens (tertiary/aromatic N) is 1. The molecule has 98 valence electrons. The quantitative estimate of drug-likeness (QED) is 0.374. The molecule has 4 nitrogen and oxygen atoms in total. The molecule has 0 aliphatic carbocycles. The summed E-state index contributed by atoms with van der Waals surface area (Å²) in [5.74, 6) is -1.95. The minimum atomic E-state index is -5.58. The Morgan fingerprint density at radius 2 is 1.72 bits per heavy atom. The molecule has 0 bridgehead atoms. The number of carbonyl (C=O) groups is 2. The molecular formula is C6H6BF6KN2O2. The maximum Gasteiger partial charge on any atom is 1.00 e. The summed E-state index contributed by atoms with van der Waals surface area (Å²) in [5.41, 5.74) is -3.30. The van der Waals surface area contributed by atoms with Crippen LogP contribution in [0.25, 0.3) is 0 Å². The fraction of sp³-hybridized carbons (Fsp3) is 0.667. The molecule has 0 aromatic heterocycles. The van der Waals surface area contributed by atoms with Crippen molar-refractivity contribution in [1.29, 1.82) is 0 Å². The molecule has 1 saturated heterocycles. The molecule has 1 N–H and O–H groups in total. The van der Waals surface area contributed by atoms with E-state index in [2.05, 4.69) is 0 Å². The first kappa shape index (κ1) is 18.2. The van der Waals surface area contributed by atoms with Gasteiger partial charge in [-0.25, -0.2) is 4.79 Å². The van der Waals surface area contributed by atoms with Gasteiger partial charge in [-0.1, -0.05) is 0 Å². The summed E-state index contributed by atoms with van der Waals surface area (Å²) in [6, 6.07) is -1.70. The van der Waals surface area contributed by atoms with E-state index in [1.807, 2.05) is 0 Å². The number of carbonyl (C=O) groups excluding carboxylic acids is 2. The van der Waals surface area contributed by atoms with Gasteiger partial charge < -0.3 is 18.3 Å². The van der Waals surface area contributed by atoms with Crippen molar-refractivity contribution in [3.63, 3.8) is 0 Å². The van der Waals surface area contributed by atoms with Crippen LogP contribution in [0.3, 0.4) is 0 Å². The number of nitrogens with one attached hydrogen (secondary N) is 1. The molecule has 3 amide bonds. The van der Waals surface area contributed by atoms with Crippen LogP contribution in [0.4, 0.5) is 30.9 Å². The maximum atomic E-state index is 12.4. The van der Waals surface area contributed by atoms with Crippen LogP contribution in [0, 0.1) is 0 Å². The minimum absolute atomic E-state index is 0. The average molecular weight is 302 g/mol. The Kier molecular flexibility index (Phi) is 5.37. The second-order valence-electron chi connectivity index (χ2n) is 3.68. The van der Waals surface area contributed by atoms with E-state index in [4.69, 9.17) is 0 Å². The maximum absolute atomic E-state index is 12.4. The van der Waals surface area contributed by atoms with Crippen LogP contribution >= 0.6 is 0 Å². The molecule has 0 saturated carbocycles. The molecule has 1 aliphatic rings. The van der Waals surface area contributed by atoms with Crippen LogP contribution in [0.1, 0.15) is 6.92 Å². The molecule has 1 unspecified atom stereocenters. The number of amides is 3. The largest absolute Gasteiger partial charge is 1.00 e. The molecule has 1 heterocycles. The van der Waals surface area contributed by atoms with Crippen molar-refractivity contribution in [2.75, 3.05) is 6.44 Å². The van der Waals surface area contributed by atoms with Crippen LogP contribution in [-0.2, 0) is 4.79 Å². The Morgan fingerprint density at radius 1 is 1.28 bits per heavy atom. The molecule has 0 aromatic rings. The van der Waals surface area contributed by atoms with E-state index in [9.17, 15) is 35.7 Å². The number of halogens is 6. The van der Waals surface area contributed by atoms with E-state index in [1.54, 1.807) is 0 Å². The third-order valence-corrected chi connectivity index (χ3v) is 2.23. The van der Waals surface area contributed by atoms with Crippen molar-refractivity contribution in [1.82, 2.24) is 10.2 Å². The third kappa shape index (κ3) is 3.41. The third-order valence-electron chi connectivity index (χ3n) is 2.23. The second-order valence-corrected chi connectivity index (χ2v) is 3.68. The van der Waals surface area contributed by atoms with Crippen molar-refractivity contribution < 1.29 is 87.1 Å². The fourth-order valence-corrected chi connectivity index (χ4v) is 1.26. The number of hydrogen-bond donors (Lipinski definition) is 1. The zero-order valence-electron chi connectivity index (χ0n) is 9.32. The summed E-state index contributed by atoms with van der Waals surface area (Å²) in [7, 11) is 0. The van der Waals surface area contributed by atoms with E-state index in [-0.39, 0.29) is 51.4 Å². The van der Waals surface area contributed by atoms with Crippen LogP contribution in [-0.4, -0.2) is 42.0 Å². The summed E-state index contributed by atoms with van der Waals surface area (Å²) in [4.78, 5) is 21.6. The topological polar surface area (TPSA) is 49.4 Å². The normalized spacial score (nSPS) is 24.9. The van der Waals surface area contributed by atoms with Crippen molar-refractivity contribution in [2.45, 2.75) is 18.6 Å². The molecule has 12 heteroatoms. The van der Waals surface area contributed by atoms with Crippen LogP contribution < -0.4 is 56.7 Å². The molecule has 1 rings (SSSR count). The first-order valence-electron chi connectivity index (χ1n) is 4.30. The average Bonchev–Trinajstić information content (AvgIpc) is 2.27. The van der Waals surface area contributed by atoms with Gasteiger partial charge in [-0.05, 0) is 6.92 Å². The van der Waals surface area contributed by atoms with Gasteiger partial charge in [0.1, 0.15) is 0 Å². The molecule has 18 heavy (non-hydrogen) atoms. The second kappa shape index (κ2) is 5.31. The summed E-state index contributed by atoms with van der Waals surface area (Å²) >= 11 is 0. The Labute approximate surface area is 140 Å². The number of imide groups is 1. The van der Waals surface area contributed by atoms with Crippen LogP contribution in [0.5, 0.6) is 0 Å². The van der Waals surface area contributed by atoms with Crippen LogP contribution in [0.2, 0.25) is 0 Å². The van der Waals surface area contributed by atoms with Gasteiger partial charge in [0.25, 0.3) is 5.91 Å². The summed E-state index contributed by atoms with van der Waals surface area (Å²) < 4.78 is 73.3. The fourth-order valence-electron chi connectivity index (χ4n) is 1.26. The molecule has 1 fully saturated rings. The van der Waals surface area contributed by atoms with E-state index in [1.165, 1.54) is 5.32 Å².